The van der Waals surface area contributed by atoms with E-state index in [-0.39, 0.29) is 11.9 Å². The Morgan fingerprint density at radius 2 is 2.29 bits per heavy atom. The zero-order valence-electron chi connectivity index (χ0n) is 12.0. The lowest BCUT2D eigenvalue weighted by Gasteiger charge is -2.37. The highest BCUT2D eigenvalue weighted by atomic mass is 79.9. The highest BCUT2D eigenvalue weighted by Crippen LogP contribution is 2.29. The van der Waals surface area contributed by atoms with E-state index in [1.54, 1.807) is 0 Å². The Balaban J connectivity index is 1.90. The van der Waals surface area contributed by atoms with E-state index in [9.17, 15) is 4.79 Å². The lowest BCUT2D eigenvalue weighted by atomic mass is 9.93. The van der Waals surface area contributed by atoms with Gasteiger partial charge in [-0.25, -0.2) is 0 Å². The van der Waals surface area contributed by atoms with Gasteiger partial charge in [-0.3, -0.25) is 4.79 Å². The van der Waals surface area contributed by atoms with Gasteiger partial charge in [-0.2, -0.15) is 0 Å². The molecule has 21 heavy (non-hydrogen) atoms. The molecule has 5 heteroatoms. The van der Waals surface area contributed by atoms with Crippen molar-refractivity contribution in [3.8, 4) is 0 Å². The summed E-state index contributed by atoms with van der Waals surface area (Å²) in [6, 6.07) is 7.85. The number of para-hydroxylation sites is 1. The van der Waals surface area contributed by atoms with Crippen molar-refractivity contribution in [2.24, 2.45) is 11.7 Å². The van der Waals surface area contributed by atoms with Gasteiger partial charge < -0.3 is 15.1 Å². The topological polar surface area (TPSA) is 59.5 Å². The number of benzene rings is 1. The van der Waals surface area contributed by atoms with Crippen molar-refractivity contribution in [2.75, 3.05) is 13.1 Å². The average Bonchev–Trinajstić information content (AvgIpc) is 2.93. The van der Waals surface area contributed by atoms with E-state index in [0.29, 0.717) is 24.8 Å². The third kappa shape index (κ3) is 2.72. The summed E-state index contributed by atoms with van der Waals surface area (Å²) < 4.78 is 6.63. The summed E-state index contributed by atoms with van der Waals surface area (Å²) >= 11 is 3.45. The number of halogens is 1. The number of furan rings is 1. The van der Waals surface area contributed by atoms with Crippen LogP contribution in [0.4, 0.5) is 0 Å². The van der Waals surface area contributed by atoms with Crippen molar-refractivity contribution in [1.82, 2.24) is 4.90 Å². The monoisotopic (exact) mass is 350 g/mol. The summed E-state index contributed by atoms with van der Waals surface area (Å²) in [4.78, 5) is 14.6. The molecular weight excluding hydrogens is 332 g/mol. The van der Waals surface area contributed by atoms with Gasteiger partial charge in [-0.1, -0.05) is 12.1 Å². The highest BCUT2D eigenvalue weighted by Gasteiger charge is 2.30. The molecule has 0 saturated carbocycles. The molecule has 1 saturated heterocycles. The number of nitrogens with zero attached hydrogens (tertiary/aromatic N) is 1. The van der Waals surface area contributed by atoms with E-state index >= 15 is 0 Å². The summed E-state index contributed by atoms with van der Waals surface area (Å²) in [6.45, 7) is 3.43. The summed E-state index contributed by atoms with van der Waals surface area (Å²) in [5.41, 5.74) is 6.49. The Labute approximate surface area is 132 Å². The number of hydrogen-bond acceptors (Lipinski definition) is 3. The molecule has 1 fully saturated rings. The van der Waals surface area contributed by atoms with Crippen LogP contribution >= 0.6 is 15.9 Å². The van der Waals surface area contributed by atoms with E-state index in [0.717, 1.165) is 28.3 Å². The van der Waals surface area contributed by atoms with Crippen LogP contribution in [0.5, 0.6) is 0 Å². The number of rotatable bonds is 2. The first-order valence-corrected chi connectivity index (χ1v) is 8.08. The molecule has 1 aliphatic heterocycles. The molecule has 0 bridgehead atoms. The van der Waals surface area contributed by atoms with Crippen LogP contribution in [0.2, 0.25) is 0 Å². The Morgan fingerprint density at radius 3 is 3.00 bits per heavy atom. The molecule has 1 aromatic carbocycles. The summed E-state index contributed by atoms with van der Waals surface area (Å²) in [5, 5.41) is 0.938. The molecule has 0 aliphatic carbocycles. The van der Waals surface area contributed by atoms with Crippen molar-refractivity contribution in [3.63, 3.8) is 0 Å². The van der Waals surface area contributed by atoms with Crippen molar-refractivity contribution < 1.29 is 9.21 Å². The molecule has 3 rings (SSSR count). The Bertz CT molecular complexity index is 667. The molecule has 0 radical (unpaired) electrons. The minimum Gasteiger partial charge on any atom is -0.450 e. The van der Waals surface area contributed by atoms with Crippen molar-refractivity contribution in [3.05, 3.63) is 34.5 Å². The molecule has 1 aliphatic rings. The first kappa shape index (κ1) is 14.6. The van der Waals surface area contributed by atoms with Gasteiger partial charge in [-0.15, -0.1) is 0 Å². The molecule has 2 aromatic rings. The number of amides is 1. The van der Waals surface area contributed by atoms with Crippen LogP contribution in [-0.4, -0.2) is 29.9 Å². The maximum atomic E-state index is 12.7. The lowest BCUT2D eigenvalue weighted by molar-refractivity contribution is 0.0537. The Kier molecular flexibility index (Phi) is 4.04. The maximum absolute atomic E-state index is 12.7. The first-order valence-electron chi connectivity index (χ1n) is 7.29. The molecule has 1 amide bonds. The van der Waals surface area contributed by atoms with Crippen molar-refractivity contribution in [1.29, 1.82) is 0 Å². The van der Waals surface area contributed by atoms with Gasteiger partial charge in [-0.05, 0) is 60.3 Å². The number of piperidine rings is 1. The fraction of sp³-hybridized carbons (Fsp3) is 0.438. The Morgan fingerprint density at radius 1 is 1.48 bits per heavy atom. The molecular formula is C16H19BrN2O2. The first-order chi connectivity index (χ1) is 10.1. The zero-order valence-corrected chi connectivity index (χ0v) is 13.6. The fourth-order valence-electron chi connectivity index (χ4n) is 2.93. The van der Waals surface area contributed by atoms with Gasteiger partial charge >= 0.3 is 0 Å². The number of fused-ring (bicyclic) bond motifs is 1. The van der Waals surface area contributed by atoms with Gasteiger partial charge in [0.1, 0.15) is 5.58 Å². The second-order valence-corrected chi connectivity index (χ2v) is 6.61. The van der Waals surface area contributed by atoms with Crippen LogP contribution in [0.1, 0.15) is 30.3 Å². The maximum Gasteiger partial charge on any atom is 0.289 e. The molecule has 4 nitrogen and oxygen atoms in total. The number of carbonyl (C=O) groups is 1. The molecule has 2 atom stereocenters. The molecule has 2 heterocycles. The van der Waals surface area contributed by atoms with E-state index < -0.39 is 0 Å². The van der Waals surface area contributed by atoms with Crippen molar-refractivity contribution >= 4 is 32.8 Å². The van der Waals surface area contributed by atoms with Gasteiger partial charge in [0.05, 0.1) is 4.47 Å². The predicted octanol–water partition coefficient (Wildman–Crippen LogP) is 3.39. The van der Waals surface area contributed by atoms with Crippen molar-refractivity contribution in [2.45, 2.75) is 25.8 Å². The van der Waals surface area contributed by atoms with Crippen LogP contribution in [0.25, 0.3) is 11.0 Å². The largest absolute Gasteiger partial charge is 0.450 e. The second-order valence-electron chi connectivity index (χ2n) is 5.75. The summed E-state index contributed by atoms with van der Waals surface area (Å²) in [7, 11) is 0. The van der Waals surface area contributed by atoms with Crippen LogP contribution in [0.15, 0.2) is 33.2 Å². The number of hydrogen-bond donors (Lipinski definition) is 1. The number of nitrogens with two attached hydrogens (primary N) is 1. The van der Waals surface area contributed by atoms with E-state index in [1.807, 2.05) is 29.2 Å². The standard InChI is InChI=1S/C16H19BrN2O2/c1-10-5-6-11(8-18)9-19(10)16(20)14-7-12-3-2-4-13(17)15(12)21-14/h2-4,7,10-11H,5-6,8-9,18H2,1H3. The SMILES string of the molecule is CC1CCC(CN)CN1C(=O)c1cc2cccc(Br)c2o1. The van der Waals surface area contributed by atoms with Crippen LogP contribution in [0.3, 0.4) is 0 Å². The van der Waals surface area contributed by atoms with Gasteiger partial charge in [0.2, 0.25) is 0 Å². The van der Waals surface area contributed by atoms with Crippen LogP contribution in [-0.2, 0) is 0 Å². The predicted molar refractivity (Wildman–Crippen MR) is 86.2 cm³/mol. The molecule has 112 valence electrons. The van der Waals surface area contributed by atoms with Gasteiger partial charge in [0.15, 0.2) is 5.76 Å². The third-order valence-corrected chi connectivity index (χ3v) is 4.91. The smallest absolute Gasteiger partial charge is 0.289 e. The molecule has 2 N–H and O–H groups in total. The summed E-state index contributed by atoms with van der Waals surface area (Å²) in [5.74, 6) is 0.756. The third-order valence-electron chi connectivity index (χ3n) is 4.28. The second kappa shape index (κ2) is 5.81. The lowest BCUT2D eigenvalue weighted by Crippen LogP contribution is -2.47. The van der Waals surface area contributed by atoms with Gasteiger partial charge in [0.25, 0.3) is 5.91 Å². The zero-order chi connectivity index (χ0) is 15.0. The normalized spacial score (nSPS) is 22.7. The minimum atomic E-state index is -0.0382. The van der Waals surface area contributed by atoms with E-state index in [2.05, 4.69) is 22.9 Å². The van der Waals surface area contributed by atoms with Crippen LogP contribution < -0.4 is 5.73 Å². The fourth-order valence-corrected chi connectivity index (χ4v) is 3.39. The molecule has 2 unspecified atom stereocenters. The average molecular weight is 351 g/mol. The van der Waals surface area contributed by atoms with E-state index in [4.69, 9.17) is 10.2 Å². The van der Waals surface area contributed by atoms with Crippen LogP contribution in [0, 0.1) is 5.92 Å². The summed E-state index contributed by atoms with van der Waals surface area (Å²) in [6.07, 6.45) is 2.09. The number of carbonyl (C=O) groups excluding carboxylic acids is 1. The molecule has 1 aromatic heterocycles. The minimum absolute atomic E-state index is 0.0382. The number of likely N-dealkylation sites (tertiary alicyclic amines) is 1. The highest BCUT2D eigenvalue weighted by molar-refractivity contribution is 9.10. The Hall–Kier alpha value is -1.33. The van der Waals surface area contributed by atoms with Gasteiger partial charge in [0, 0.05) is 18.0 Å². The van der Waals surface area contributed by atoms with E-state index in [1.165, 1.54) is 0 Å². The quantitative estimate of drug-likeness (QED) is 0.902. The molecule has 0 spiro atoms.